The van der Waals surface area contributed by atoms with Crippen LogP contribution in [-0.4, -0.2) is 57.4 Å². The molecule has 0 aliphatic carbocycles. The van der Waals surface area contributed by atoms with E-state index in [9.17, 15) is 4.79 Å². The molecule has 26 heavy (non-hydrogen) atoms. The van der Waals surface area contributed by atoms with Gasteiger partial charge in [-0.1, -0.05) is 12.1 Å². The Balaban J connectivity index is 1.51. The lowest BCUT2D eigenvalue weighted by Gasteiger charge is -2.35. The summed E-state index contributed by atoms with van der Waals surface area (Å²) >= 11 is 0. The van der Waals surface area contributed by atoms with Crippen LogP contribution in [0.1, 0.15) is 11.3 Å². The largest absolute Gasteiger partial charge is 0.497 e. The van der Waals surface area contributed by atoms with E-state index in [4.69, 9.17) is 4.74 Å². The number of rotatable bonds is 4. The van der Waals surface area contributed by atoms with Crippen molar-refractivity contribution in [3.63, 3.8) is 0 Å². The van der Waals surface area contributed by atoms with Gasteiger partial charge in [0.15, 0.2) is 0 Å². The van der Waals surface area contributed by atoms with E-state index in [1.807, 2.05) is 47.1 Å². The highest BCUT2D eigenvalue weighted by molar-refractivity contribution is 5.84. The zero-order valence-electron chi connectivity index (χ0n) is 14.8. The zero-order chi connectivity index (χ0) is 18.1. The lowest BCUT2D eigenvalue weighted by Crippen LogP contribution is -2.50. The van der Waals surface area contributed by atoms with E-state index in [1.165, 1.54) is 0 Å². The molecule has 0 radical (unpaired) electrons. The van der Waals surface area contributed by atoms with Crippen LogP contribution in [0, 0.1) is 6.92 Å². The van der Waals surface area contributed by atoms with Gasteiger partial charge in [-0.15, -0.1) is 10.2 Å². The summed E-state index contributed by atoms with van der Waals surface area (Å²) in [5, 5.41) is 12.4. The van der Waals surface area contributed by atoms with Crippen molar-refractivity contribution in [1.82, 2.24) is 24.7 Å². The van der Waals surface area contributed by atoms with E-state index in [0.717, 1.165) is 29.2 Å². The molecule has 4 rings (SSSR count). The summed E-state index contributed by atoms with van der Waals surface area (Å²) in [6, 6.07) is 9.77. The van der Waals surface area contributed by atoms with Gasteiger partial charge in [-0.3, -0.25) is 4.79 Å². The Labute approximate surface area is 151 Å². The topological polar surface area (TPSA) is 75.9 Å². The third kappa shape index (κ3) is 3.05. The quantitative estimate of drug-likeness (QED) is 0.704. The fraction of sp³-hybridized carbons (Fsp3) is 0.333. The van der Waals surface area contributed by atoms with Gasteiger partial charge in [-0.25, -0.2) is 0 Å². The third-order valence-corrected chi connectivity index (χ3v) is 4.54. The van der Waals surface area contributed by atoms with Gasteiger partial charge in [0.1, 0.15) is 12.1 Å². The van der Waals surface area contributed by atoms with Crippen LogP contribution in [0.15, 0.2) is 36.7 Å². The van der Waals surface area contributed by atoms with E-state index < -0.39 is 0 Å². The number of anilines is 1. The number of aromatic nitrogens is 4. The molecular weight excluding hydrogens is 332 g/mol. The van der Waals surface area contributed by atoms with E-state index in [0.29, 0.717) is 25.3 Å². The van der Waals surface area contributed by atoms with E-state index in [1.54, 1.807) is 18.0 Å². The lowest BCUT2D eigenvalue weighted by molar-refractivity contribution is -0.131. The second-order valence-corrected chi connectivity index (χ2v) is 6.36. The average molecular weight is 352 g/mol. The standard InChI is InChI=1S/C18H20N6O2/c1-13-8-16(18-20-19-12-24(18)21-13)22-6-7-23(17(25)11-22)10-14-4-3-5-15(9-14)26-2/h3-5,8-9,12H,6-7,10-11H2,1-2H3. The van der Waals surface area contributed by atoms with Gasteiger partial charge in [-0.2, -0.15) is 9.61 Å². The zero-order valence-corrected chi connectivity index (χ0v) is 14.8. The molecule has 0 N–H and O–H groups in total. The van der Waals surface area contributed by atoms with Crippen molar-refractivity contribution in [3.8, 4) is 5.75 Å². The number of nitrogens with zero attached hydrogens (tertiary/aromatic N) is 6. The highest BCUT2D eigenvalue weighted by Crippen LogP contribution is 2.23. The molecule has 1 aromatic carbocycles. The van der Waals surface area contributed by atoms with Crippen molar-refractivity contribution in [2.75, 3.05) is 31.6 Å². The van der Waals surface area contributed by atoms with Gasteiger partial charge in [0.05, 0.1) is 25.0 Å². The van der Waals surface area contributed by atoms with Crippen molar-refractivity contribution in [3.05, 3.63) is 47.9 Å². The first-order valence-electron chi connectivity index (χ1n) is 8.47. The van der Waals surface area contributed by atoms with Crippen molar-refractivity contribution in [2.24, 2.45) is 0 Å². The Kier molecular flexibility index (Phi) is 4.16. The van der Waals surface area contributed by atoms with Crippen LogP contribution in [0.4, 0.5) is 5.69 Å². The molecule has 1 fully saturated rings. The van der Waals surface area contributed by atoms with Gasteiger partial charge < -0.3 is 14.5 Å². The molecule has 3 heterocycles. The number of carbonyl (C=O) groups is 1. The second-order valence-electron chi connectivity index (χ2n) is 6.36. The molecule has 3 aromatic rings. The number of benzene rings is 1. The Bertz CT molecular complexity index is 954. The monoisotopic (exact) mass is 352 g/mol. The lowest BCUT2D eigenvalue weighted by atomic mass is 10.1. The van der Waals surface area contributed by atoms with Crippen LogP contribution in [0.25, 0.3) is 5.65 Å². The summed E-state index contributed by atoms with van der Waals surface area (Å²) in [5.74, 6) is 0.890. The van der Waals surface area contributed by atoms with Crippen LogP contribution in [0.5, 0.6) is 5.75 Å². The predicted octanol–water partition coefficient (Wildman–Crippen LogP) is 1.29. The first kappa shape index (κ1) is 16.3. The Morgan fingerprint density at radius 3 is 2.92 bits per heavy atom. The number of hydrogen-bond donors (Lipinski definition) is 0. The van der Waals surface area contributed by atoms with Crippen LogP contribution < -0.4 is 9.64 Å². The Morgan fingerprint density at radius 2 is 2.12 bits per heavy atom. The molecule has 0 atom stereocenters. The molecule has 0 saturated carbocycles. The maximum Gasteiger partial charge on any atom is 0.242 e. The molecule has 1 aliphatic heterocycles. The van der Waals surface area contributed by atoms with Crippen molar-refractivity contribution < 1.29 is 9.53 Å². The summed E-state index contributed by atoms with van der Waals surface area (Å²) in [7, 11) is 1.64. The van der Waals surface area contributed by atoms with Gasteiger partial charge in [0.2, 0.25) is 11.6 Å². The molecule has 0 unspecified atom stereocenters. The average Bonchev–Trinajstić information content (AvgIpc) is 3.11. The van der Waals surface area contributed by atoms with E-state index in [-0.39, 0.29) is 5.91 Å². The van der Waals surface area contributed by atoms with Crippen molar-refractivity contribution >= 4 is 17.2 Å². The van der Waals surface area contributed by atoms with Gasteiger partial charge >= 0.3 is 0 Å². The summed E-state index contributed by atoms with van der Waals surface area (Å²) in [6.45, 7) is 4.21. The number of amides is 1. The first-order chi connectivity index (χ1) is 12.6. The molecule has 2 aromatic heterocycles. The molecule has 8 nitrogen and oxygen atoms in total. The van der Waals surface area contributed by atoms with Gasteiger partial charge in [0, 0.05) is 19.6 Å². The van der Waals surface area contributed by atoms with Crippen LogP contribution in [0.3, 0.4) is 0 Å². The minimum atomic E-state index is 0.0891. The smallest absolute Gasteiger partial charge is 0.242 e. The van der Waals surface area contributed by atoms with Crippen molar-refractivity contribution in [1.29, 1.82) is 0 Å². The first-order valence-corrected chi connectivity index (χ1v) is 8.47. The molecular formula is C18H20N6O2. The summed E-state index contributed by atoms with van der Waals surface area (Å²) in [6.07, 6.45) is 1.58. The molecule has 1 amide bonds. The number of fused-ring (bicyclic) bond motifs is 1. The normalized spacial score (nSPS) is 14.9. The van der Waals surface area contributed by atoms with Crippen molar-refractivity contribution in [2.45, 2.75) is 13.5 Å². The third-order valence-electron chi connectivity index (χ3n) is 4.54. The Hall–Kier alpha value is -3.16. The summed E-state index contributed by atoms with van der Waals surface area (Å²) in [5.41, 5.74) is 3.48. The number of aryl methyl sites for hydroxylation is 1. The van der Waals surface area contributed by atoms with Crippen LogP contribution in [0.2, 0.25) is 0 Å². The Morgan fingerprint density at radius 1 is 1.23 bits per heavy atom. The van der Waals surface area contributed by atoms with Crippen LogP contribution in [-0.2, 0) is 11.3 Å². The highest BCUT2D eigenvalue weighted by atomic mass is 16.5. The molecule has 1 aliphatic rings. The predicted molar refractivity (Wildman–Crippen MR) is 96.1 cm³/mol. The molecule has 1 saturated heterocycles. The van der Waals surface area contributed by atoms with Gasteiger partial charge in [-0.05, 0) is 30.7 Å². The summed E-state index contributed by atoms with van der Waals surface area (Å²) < 4.78 is 6.91. The number of piperazine rings is 1. The number of ether oxygens (including phenoxy) is 1. The van der Waals surface area contributed by atoms with E-state index >= 15 is 0 Å². The minimum absolute atomic E-state index is 0.0891. The molecule has 134 valence electrons. The molecule has 0 spiro atoms. The fourth-order valence-corrected chi connectivity index (χ4v) is 3.24. The van der Waals surface area contributed by atoms with Gasteiger partial charge in [0.25, 0.3) is 0 Å². The SMILES string of the molecule is COc1cccc(CN2CCN(c3cc(C)nn4cnnc34)CC2=O)c1. The van der Waals surface area contributed by atoms with E-state index in [2.05, 4.69) is 15.3 Å². The minimum Gasteiger partial charge on any atom is -0.497 e. The maximum absolute atomic E-state index is 12.7. The second kappa shape index (κ2) is 6.62. The molecule has 0 bridgehead atoms. The number of carbonyl (C=O) groups excluding carboxylic acids is 1. The fourth-order valence-electron chi connectivity index (χ4n) is 3.24. The maximum atomic E-state index is 12.7. The number of methoxy groups -OCH3 is 1. The summed E-state index contributed by atoms with van der Waals surface area (Å²) in [4.78, 5) is 16.6. The van der Waals surface area contributed by atoms with Crippen LogP contribution >= 0.6 is 0 Å². The molecule has 8 heteroatoms. The number of hydrogen-bond acceptors (Lipinski definition) is 6. The highest BCUT2D eigenvalue weighted by Gasteiger charge is 2.26.